The molecule has 20 heavy (non-hydrogen) atoms. The van der Waals surface area contributed by atoms with Gasteiger partial charge in [0, 0.05) is 23.9 Å². The Bertz CT molecular complexity index is 417. The maximum absolute atomic E-state index is 4.76. The van der Waals surface area contributed by atoms with Crippen molar-refractivity contribution in [3.63, 3.8) is 0 Å². The van der Waals surface area contributed by atoms with Gasteiger partial charge in [-0.1, -0.05) is 13.8 Å². The Kier molecular flexibility index (Phi) is 4.74. The average Bonchev–Trinajstić information content (AvgIpc) is 3.15. The molecule has 0 bridgehead atoms. The summed E-state index contributed by atoms with van der Waals surface area (Å²) in [5.74, 6) is 1.46. The van der Waals surface area contributed by atoms with Gasteiger partial charge in [-0.25, -0.2) is 4.98 Å². The summed E-state index contributed by atoms with van der Waals surface area (Å²) in [6, 6.07) is 0.859. The molecule has 1 aromatic heterocycles. The fourth-order valence-electron chi connectivity index (χ4n) is 2.86. The lowest BCUT2D eigenvalue weighted by atomic mass is 9.96. The van der Waals surface area contributed by atoms with E-state index in [1.807, 2.05) is 11.3 Å². The second kappa shape index (κ2) is 6.54. The summed E-state index contributed by atoms with van der Waals surface area (Å²) in [6.45, 7) is 9.22. The predicted octanol–water partition coefficient (Wildman–Crippen LogP) is 3.23. The largest absolute Gasteiger partial charge is 0.314 e. The summed E-state index contributed by atoms with van der Waals surface area (Å²) >= 11 is 1.82. The van der Waals surface area contributed by atoms with Gasteiger partial charge in [-0.2, -0.15) is 0 Å². The van der Waals surface area contributed by atoms with Crippen molar-refractivity contribution in [1.82, 2.24) is 15.2 Å². The highest BCUT2D eigenvalue weighted by molar-refractivity contribution is 7.09. The van der Waals surface area contributed by atoms with Gasteiger partial charge in [-0.05, 0) is 51.2 Å². The molecule has 0 radical (unpaired) electrons. The van der Waals surface area contributed by atoms with Crippen molar-refractivity contribution in [3.8, 4) is 0 Å². The Morgan fingerprint density at radius 3 is 2.65 bits per heavy atom. The van der Waals surface area contributed by atoms with E-state index in [-0.39, 0.29) is 0 Å². The maximum atomic E-state index is 4.76. The number of thiazole rings is 1. The first-order chi connectivity index (χ1) is 9.70. The molecule has 0 spiro atoms. The molecule has 0 unspecified atom stereocenters. The Balaban J connectivity index is 1.40. The van der Waals surface area contributed by atoms with Gasteiger partial charge in [-0.3, -0.25) is 4.90 Å². The summed E-state index contributed by atoms with van der Waals surface area (Å²) in [6.07, 6.45) is 5.50. The maximum Gasteiger partial charge on any atom is 0.0954 e. The van der Waals surface area contributed by atoms with Crippen LogP contribution in [0.5, 0.6) is 0 Å². The molecule has 3 rings (SSSR count). The zero-order valence-corrected chi connectivity index (χ0v) is 13.6. The molecular formula is C16H27N3S. The lowest BCUT2D eigenvalue weighted by molar-refractivity contribution is 0.174. The van der Waals surface area contributed by atoms with E-state index in [1.165, 1.54) is 56.0 Å². The number of likely N-dealkylation sites (tertiary alicyclic amines) is 1. The van der Waals surface area contributed by atoms with Crippen molar-refractivity contribution in [1.29, 1.82) is 0 Å². The van der Waals surface area contributed by atoms with Gasteiger partial charge in [0.25, 0.3) is 0 Å². The number of aromatic nitrogens is 1. The molecule has 1 saturated carbocycles. The van der Waals surface area contributed by atoms with Crippen molar-refractivity contribution < 1.29 is 0 Å². The van der Waals surface area contributed by atoms with Crippen LogP contribution in [-0.4, -0.2) is 35.6 Å². The van der Waals surface area contributed by atoms with Crippen LogP contribution in [0.25, 0.3) is 0 Å². The SMILES string of the molecule is CC(C)c1nc(CN2CCC(CNC3CC3)CC2)cs1. The number of hydrogen-bond acceptors (Lipinski definition) is 4. The molecule has 2 fully saturated rings. The third kappa shape index (κ3) is 4.03. The van der Waals surface area contributed by atoms with Gasteiger partial charge in [0.2, 0.25) is 0 Å². The van der Waals surface area contributed by atoms with Crippen LogP contribution >= 0.6 is 11.3 Å². The Labute approximate surface area is 126 Å². The standard InChI is InChI=1S/C16H27N3S/c1-12(2)16-18-15(11-20-16)10-19-7-5-13(6-8-19)9-17-14-3-4-14/h11-14,17H,3-10H2,1-2H3. The summed E-state index contributed by atoms with van der Waals surface area (Å²) < 4.78 is 0. The van der Waals surface area contributed by atoms with Crippen LogP contribution in [0.1, 0.15) is 56.2 Å². The van der Waals surface area contributed by atoms with E-state index in [1.54, 1.807) is 0 Å². The van der Waals surface area contributed by atoms with E-state index < -0.39 is 0 Å². The minimum atomic E-state index is 0.563. The molecule has 1 saturated heterocycles. The highest BCUT2D eigenvalue weighted by atomic mass is 32.1. The zero-order chi connectivity index (χ0) is 13.9. The van der Waals surface area contributed by atoms with Gasteiger partial charge in [-0.15, -0.1) is 11.3 Å². The van der Waals surface area contributed by atoms with Crippen molar-refractivity contribution in [2.75, 3.05) is 19.6 Å². The number of nitrogens with one attached hydrogen (secondary N) is 1. The first-order valence-electron chi connectivity index (χ1n) is 8.10. The number of nitrogens with zero attached hydrogens (tertiary/aromatic N) is 2. The minimum absolute atomic E-state index is 0.563. The topological polar surface area (TPSA) is 28.2 Å². The lowest BCUT2D eigenvalue weighted by Crippen LogP contribution is -2.37. The summed E-state index contributed by atoms with van der Waals surface area (Å²) in [4.78, 5) is 7.33. The van der Waals surface area contributed by atoms with E-state index in [0.29, 0.717) is 5.92 Å². The molecule has 112 valence electrons. The normalized spacial score (nSPS) is 21.8. The van der Waals surface area contributed by atoms with Gasteiger partial charge in [0.1, 0.15) is 0 Å². The Morgan fingerprint density at radius 2 is 2.05 bits per heavy atom. The van der Waals surface area contributed by atoms with Gasteiger partial charge in [0.05, 0.1) is 10.7 Å². The molecule has 1 N–H and O–H groups in total. The molecule has 1 aliphatic heterocycles. The summed E-state index contributed by atoms with van der Waals surface area (Å²) in [5, 5.41) is 7.20. The molecule has 0 aromatic carbocycles. The van der Waals surface area contributed by atoms with Crippen molar-refractivity contribution in [2.45, 2.75) is 58.0 Å². The number of hydrogen-bond donors (Lipinski definition) is 1. The van der Waals surface area contributed by atoms with E-state index in [9.17, 15) is 0 Å². The van der Waals surface area contributed by atoms with Crippen LogP contribution in [0.15, 0.2) is 5.38 Å². The molecule has 2 aliphatic rings. The fourth-order valence-corrected chi connectivity index (χ4v) is 3.69. The third-order valence-electron chi connectivity index (χ3n) is 4.43. The molecule has 3 nitrogen and oxygen atoms in total. The van der Waals surface area contributed by atoms with Crippen molar-refractivity contribution in [3.05, 3.63) is 16.1 Å². The van der Waals surface area contributed by atoms with Crippen LogP contribution < -0.4 is 5.32 Å². The Morgan fingerprint density at radius 1 is 1.30 bits per heavy atom. The van der Waals surface area contributed by atoms with E-state index in [4.69, 9.17) is 4.98 Å². The zero-order valence-electron chi connectivity index (χ0n) is 12.8. The van der Waals surface area contributed by atoms with Crippen LogP contribution in [0, 0.1) is 5.92 Å². The monoisotopic (exact) mass is 293 g/mol. The fraction of sp³-hybridized carbons (Fsp3) is 0.812. The van der Waals surface area contributed by atoms with Crippen LogP contribution in [0.4, 0.5) is 0 Å². The van der Waals surface area contributed by atoms with Gasteiger partial charge >= 0.3 is 0 Å². The smallest absolute Gasteiger partial charge is 0.0954 e. The summed E-state index contributed by atoms with van der Waals surface area (Å²) in [5.41, 5.74) is 1.27. The molecule has 1 aliphatic carbocycles. The first kappa shape index (κ1) is 14.5. The predicted molar refractivity (Wildman–Crippen MR) is 85.2 cm³/mol. The second-order valence-electron chi connectivity index (χ2n) is 6.73. The highest BCUT2D eigenvalue weighted by Crippen LogP contribution is 2.24. The number of piperidine rings is 1. The minimum Gasteiger partial charge on any atom is -0.314 e. The molecular weight excluding hydrogens is 266 g/mol. The lowest BCUT2D eigenvalue weighted by Gasteiger charge is -2.31. The van der Waals surface area contributed by atoms with E-state index >= 15 is 0 Å². The molecule has 4 heteroatoms. The van der Waals surface area contributed by atoms with Crippen LogP contribution in [0.2, 0.25) is 0 Å². The quantitative estimate of drug-likeness (QED) is 0.873. The second-order valence-corrected chi connectivity index (χ2v) is 7.62. The van der Waals surface area contributed by atoms with E-state index in [2.05, 4.69) is 29.4 Å². The first-order valence-corrected chi connectivity index (χ1v) is 8.98. The van der Waals surface area contributed by atoms with Gasteiger partial charge in [0.15, 0.2) is 0 Å². The molecule has 1 aromatic rings. The van der Waals surface area contributed by atoms with Crippen molar-refractivity contribution >= 4 is 11.3 Å². The molecule has 2 heterocycles. The van der Waals surface area contributed by atoms with Crippen LogP contribution in [-0.2, 0) is 6.54 Å². The van der Waals surface area contributed by atoms with E-state index in [0.717, 1.165) is 18.5 Å². The molecule has 0 amide bonds. The number of rotatable bonds is 6. The Hall–Kier alpha value is -0.450. The van der Waals surface area contributed by atoms with Gasteiger partial charge < -0.3 is 5.32 Å². The van der Waals surface area contributed by atoms with Crippen LogP contribution in [0.3, 0.4) is 0 Å². The molecule has 0 atom stereocenters. The third-order valence-corrected chi connectivity index (χ3v) is 5.62. The average molecular weight is 293 g/mol. The summed E-state index contributed by atoms with van der Waals surface area (Å²) in [7, 11) is 0. The highest BCUT2D eigenvalue weighted by Gasteiger charge is 2.24. The van der Waals surface area contributed by atoms with Crippen molar-refractivity contribution in [2.24, 2.45) is 5.92 Å².